The fraction of sp³-hybridized carbons (Fsp3) is 0.192. The van der Waals surface area contributed by atoms with Crippen molar-refractivity contribution in [2.45, 2.75) is 31.2 Å². The van der Waals surface area contributed by atoms with Crippen LogP contribution in [0.4, 0.5) is 0 Å². The summed E-state index contributed by atoms with van der Waals surface area (Å²) in [5.41, 5.74) is 10.3. The minimum absolute atomic E-state index is 0.0882. The molecule has 3 aromatic carbocycles. The number of carbonyl (C=O) groups is 2. The topological polar surface area (TPSA) is 115 Å². The van der Waals surface area contributed by atoms with Gasteiger partial charge in [0.25, 0.3) is 21.8 Å². The first-order chi connectivity index (χ1) is 16.7. The zero-order valence-corrected chi connectivity index (χ0v) is 20.1. The molecule has 0 saturated carbocycles. The Labute approximate surface area is 203 Å². The molecule has 2 amide bonds. The van der Waals surface area contributed by atoms with E-state index >= 15 is 0 Å². The van der Waals surface area contributed by atoms with Gasteiger partial charge in [-0.2, -0.15) is 17.6 Å². The first kappa shape index (κ1) is 22.9. The Hall–Kier alpha value is -3.82. The molecule has 1 aromatic heterocycles. The smallest absolute Gasteiger partial charge is 0.283 e. The number of imide groups is 1. The van der Waals surface area contributed by atoms with Crippen molar-refractivity contribution in [2.24, 2.45) is 5.73 Å². The first-order valence-corrected chi connectivity index (χ1v) is 12.6. The molecule has 2 heterocycles. The molecule has 4 aromatic rings. The molecule has 1 aliphatic rings. The molecule has 0 fully saturated rings. The third-order valence-electron chi connectivity index (χ3n) is 6.43. The van der Waals surface area contributed by atoms with Crippen molar-refractivity contribution >= 4 is 32.7 Å². The van der Waals surface area contributed by atoms with Gasteiger partial charge >= 0.3 is 0 Å². The van der Waals surface area contributed by atoms with Gasteiger partial charge in [0.1, 0.15) is 0 Å². The molecule has 0 radical (unpaired) electrons. The summed E-state index contributed by atoms with van der Waals surface area (Å²) in [6.07, 6.45) is 1.95. The molecule has 9 heteroatoms. The largest absolute Gasteiger partial charge is 0.326 e. The fourth-order valence-electron chi connectivity index (χ4n) is 4.47. The van der Waals surface area contributed by atoms with Crippen LogP contribution in [-0.4, -0.2) is 46.9 Å². The Balaban J connectivity index is 1.39. The van der Waals surface area contributed by atoms with E-state index in [0.717, 1.165) is 20.8 Å². The van der Waals surface area contributed by atoms with E-state index in [1.54, 1.807) is 54.6 Å². The van der Waals surface area contributed by atoms with Crippen LogP contribution in [0, 0.1) is 13.8 Å². The quantitative estimate of drug-likeness (QED) is 0.417. The number of nitrogens with two attached hydrogens (primary N) is 1. The van der Waals surface area contributed by atoms with Crippen molar-refractivity contribution in [1.82, 2.24) is 14.1 Å². The van der Waals surface area contributed by atoms with E-state index in [2.05, 4.69) is 5.10 Å². The third kappa shape index (κ3) is 3.82. The van der Waals surface area contributed by atoms with E-state index < -0.39 is 16.1 Å². The van der Waals surface area contributed by atoms with Gasteiger partial charge in [-0.15, -0.1) is 0 Å². The second-order valence-electron chi connectivity index (χ2n) is 8.82. The molecule has 1 atom stereocenters. The molecule has 0 saturated heterocycles. The number of aryl methyl sites for hydroxylation is 2. The lowest BCUT2D eigenvalue weighted by molar-refractivity contribution is 0.0644. The van der Waals surface area contributed by atoms with E-state index in [9.17, 15) is 18.0 Å². The van der Waals surface area contributed by atoms with Crippen molar-refractivity contribution in [3.63, 3.8) is 0 Å². The number of nitrogens with zero attached hydrogens (tertiary/aromatic N) is 3. The van der Waals surface area contributed by atoms with Crippen LogP contribution in [0.5, 0.6) is 0 Å². The van der Waals surface area contributed by atoms with Gasteiger partial charge in [-0.1, -0.05) is 35.9 Å². The normalized spacial score (nSPS) is 14.5. The van der Waals surface area contributed by atoms with Crippen molar-refractivity contribution in [1.29, 1.82) is 0 Å². The Bertz CT molecular complexity index is 1550. The van der Waals surface area contributed by atoms with Gasteiger partial charge in [-0.3, -0.25) is 14.5 Å². The van der Waals surface area contributed by atoms with Crippen LogP contribution in [-0.2, 0) is 16.4 Å². The monoisotopic (exact) mass is 488 g/mol. The second-order valence-corrected chi connectivity index (χ2v) is 10.6. The van der Waals surface area contributed by atoms with Gasteiger partial charge in [-0.05, 0) is 61.7 Å². The van der Waals surface area contributed by atoms with Crippen molar-refractivity contribution < 1.29 is 18.0 Å². The van der Waals surface area contributed by atoms with Gasteiger partial charge in [0.15, 0.2) is 0 Å². The SMILES string of the molecule is Cc1ccc(S(=O)(=O)n2ncc3c(C)c(C[C@H](N)CN4C(=O)c5ccccc5C4=O)ccc32)cc1. The Morgan fingerprint density at radius 1 is 0.914 bits per heavy atom. The Morgan fingerprint density at radius 3 is 2.17 bits per heavy atom. The fourth-order valence-corrected chi connectivity index (χ4v) is 5.74. The maximum atomic E-state index is 13.2. The summed E-state index contributed by atoms with van der Waals surface area (Å²) < 4.78 is 27.4. The highest BCUT2D eigenvalue weighted by Crippen LogP contribution is 2.27. The molecule has 0 bridgehead atoms. The number of rotatable bonds is 6. The predicted molar refractivity (Wildman–Crippen MR) is 132 cm³/mol. The van der Waals surface area contributed by atoms with Crippen molar-refractivity contribution in [2.75, 3.05) is 6.54 Å². The van der Waals surface area contributed by atoms with Crippen molar-refractivity contribution in [3.05, 3.63) is 94.7 Å². The number of benzene rings is 3. The molecule has 2 N–H and O–H groups in total. The molecule has 1 aliphatic heterocycles. The van der Waals surface area contributed by atoms with E-state index in [4.69, 9.17) is 5.73 Å². The zero-order chi connectivity index (χ0) is 24.9. The molecular formula is C26H24N4O4S. The average Bonchev–Trinajstić information content (AvgIpc) is 3.38. The van der Waals surface area contributed by atoms with Crippen LogP contribution in [0.1, 0.15) is 37.4 Å². The molecule has 0 spiro atoms. The average molecular weight is 489 g/mol. The predicted octanol–water partition coefficient (Wildman–Crippen LogP) is 3.06. The van der Waals surface area contributed by atoms with Crippen LogP contribution in [0.15, 0.2) is 71.8 Å². The van der Waals surface area contributed by atoms with Crippen LogP contribution >= 0.6 is 0 Å². The second kappa shape index (κ2) is 8.44. The summed E-state index contributed by atoms with van der Waals surface area (Å²) in [5.74, 6) is -0.674. The highest BCUT2D eigenvalue weighted by atomic mass is 32.2. The summed E-state index contributed by atoms with van der Waals surface area (Å²) in [7, 11) is -3.85. The van der Waals surface area contributed by atoms with Crippen LogP contribution < -0.4 is 5.73 Å². The molecule has 5 rings (SSSR count). The lowest BCUT2D eigenvalue weighted by Gasteiger charge is -2.20. The summed E-state index contributed by atoms with van der Waals surface area (Å²) in [6, 6.07) is 16.4. The molecule has 8 nitrogen and oxygen atoms in total. The maximum absolute atomic E-state index is 13.2. The van der Waals surface area contributed by atoms with Gasteiger partial charge in [0.05, 0.1) is 27.7 Å². The first-order valence-electron chi connectivity index (χ1n) is 11.2. The highest BCUT2D eigenvalue weighted by molar-refractivity contribution is 7.90. The van der Waals surface area contributed by atoms with E-state index in [1.165, 1.54) is 11.1 Å². The number of fused-ring (bicyclic) bond motifs is 2. The van der Waals surface area contributed by atoms with Gasteiger partial charge in [-0.25, -0.2) is 0 Å². The standard InChI is InChI=1S/C26H24N4O4S/c1-16-7-10-20(11-8-16)35(33,34)30-24-12-9-18(17(2)23(24)14-28-30)13-19(27)15-29-25(31)21-5-3-4-6-22(21)26(29)32/h3-12,14,19H,13,15,27H2,1-2H3/t19-/m0/s1. The van der Waals surface area contributed by atoms with E-state index in [0.29, 0.717) is 28.5 Å². The summed E-state index contributed by atoms with van der Waals surface area (Å²) >= 11 is 0. The third-order valence-corrected chi connectivity index (χ3v) is 8.04. The number of hydrogen-bond donors (Lipinski definition) is 1. The molecule has 35 heavy (non-hydrogen) atoms. The minimum atomic E-state index is -3.85. The van der Waals surface area contributed by atoms with Gasteiger partial charge < -0.3 is 5.73 Å². The molecule has 0 aliphatic carbocycles. The van der Waals surface area contributed by atoms with Gasteiger partial charge in [0.2, 0.25) is 0 Å². The maximum Gasteiger partial charge on any atom is 0.283 e. The number of carbonyl (C=O) groups excluding carboxylic acids is 2. The Morgan fingerprint density at radius 2 is 1.54 bits per heavy atom. The number of amides is 2. The minimum Gasteiger partial charge on any atom is -0.326 e. The summed E-state index contributed by atoms with van der Waals surface area (Å²) in [6.45, 7) is 3.87. The Kier molecular flexibility index (Phi) is 5.53. The zero-order valence-electron chi connectivity index (χ0n) is 19.3. The van der Waals surface area contributed by atoms with E-state index in [1.807, 2.05) is 19.9 Å². The van der Waals surface area contributed by atoms with E-state index in [-0.39, 0.29) is 23.3 Å². The lowest BCUT2D eigenvalue weighted by Crippen LogP contribution is -2.42. The molecule has 0 unspecified atom stereocenters. The van der Waals surface area contributed by atoms with Crippen LogP contribution in [0.2, 0.25) is 0 Å². The molecule has 178 valence electrons. The van der Waals surface area contributed by atoms with Crippen LogP contribution in [0.25, 0.3) is 10.9 Å². The summed E-state index contributed by atoms with van der Waals surface area (Å²) in [5, 5.41) is 4.87. The number of aromatic nitrogens is 2. The highest BCUT2D eigenvalue weighted by Gasteiger charge is 2.35. The molecular weight excluding hydrogens is 464 g/mol. The van der Waals surface area contributed by atoms with Crippen molar-refractivity contribution in [3.8, 4) is 0 Å². The number of hydrogen-bond acceptors (Lipinski definition) is 6. The lowest BCUT2D eigenvalue weighted by atomic mass is 9.98. The van der Waals surface area contributed by atoms with Gasteiger partial charge in [0, 0.05) is 18.0 Å². The van der Waals surface area contributed by atoms with Crippen LogP contribution in [0.3, 0.4) is 0 Å². The summed E-state index contributed by atoms with van der Waals surface area (Å²) in [4.78, 5) is 26.7.